The molecule has 1 unspecified atom stereocenters. The summed E-state index contributed by atoms with van der Waals surface area (Å²) in [5.41, 5.74) is 2.07. The Bertz CT molecular complexity index is 841. The van der Waals surface area contributed by atoms with E-state index in [1.54, 1.807) is 21.3 Å². The Balaban J connectivity index is 1.63. The predicted octanol–water partition coefficient (Wildman–Crippen LogP) is 4.46. The summed E-state index contributed by atoms with van der Waals surface area (Å²) in [5, 5.41) is 6.70. The molecule has 0 spiro atoms. The fourth-order valence-corrected chi connectivity index (χ4v) is 3.58. The van der Waals surface area contributed by atoms with E-state index >= 15 is 0 Å². The second-order valence-corrected chi connectivity index (χ2v) is 7.73. The Kier molecular flexibility index (Phi) is 6.42. The van der Waals surface area contributed by atoms with Crippen molar-refractivity contribution in [1.82, 2.24) is 10.6 Å². The van der Waals surface area contributed by atoms with Crippen molar-refractivity contribution in [2.24, 2.45) is 0 Å². The summed E-state index contributed by atoms with van der Waals surface area (Å²) in [6.07, 6.45) is 2.11. The first-order valence-electron chi connectivity index (χ1n) is 9.53. The van der Waals surface area contributed by atoms with Crippen LogP contribution in [0.2, 0.25) is 5.02 Å². The van der Waals surface area contributed by atoms with Crippen molar-refractivity contribution in [2.75, 3.05) is 27.9 Å². The van der Waals surface area contributed by atoms with Crippen LogP contribution in [-0.2, 0) is 5.41 Å². The van der Waals surface area contributed by atoms with E-state index in [0.29, 0.717) is 23.8 Å². The molecule has 2 aromatic carbocycles. The maximum atomic E-state index is 12.5. The van der Waals surface area contributed by atoms with Crippen molar-refractivity contribution in [3.05, 3.63) is 52.5 Å². The lowest BCUT2D eigenvalue weighted by Crippen LogP contribution is -2.40. The molecule has 156 valence electrons. The maximum absolute atomic E-state index is 12.5. The van der Waals surface area contributed by atoms with Gasteiger partial charge < -0.3 is 24.8 Å². The van der Waals surface area contributed by atoms with Crippen LogP contribution < -0.4 is 24.8 Å². The monoisotopic (exact) mass is 418 g/mol. The fraction of sp³-hybridized carbons (Fsp3) is 0.409. The first kappa shape index (κ1) is 21.1. The minimum Gasteiger partial charge on any atom is -0.493 e. The molecule has 1 fully saturated rings. The number of benzene rings is 2. The molecule has 1 aliphatic rings. The molecule has 6 nitrogen and oxygen atoms in total. The predicted molar refractivity (Wildman–Crippen MR) is 113 cm³/mol. The number of carbonyl (C=O) groups is 1. The molecule has 0 aliphatic heterocycles. The summed E-state index contributed by atoms with van der Waals surface area (Å²) in [6, 6.07) is 11.1. The minimum atomic E-state index is -0.241. The average molecular weight is 419 g/mol. The van der Waals surface area contributed by atoms with E-state index in [-0.39, 0.29) is 17.5 Å². The molecule has 0 heterocycles. The van der Waals surface area contributed by atoms with E-state index < -0.39 is 0 Å². The van der Waals surface area contributed by atoms with Gasteiger partial charge in [-0.2, -0.15) is 0 Å². The highest BCUT2D eigenvalue weighted by atomic mass is 35.5. The van der Waals surface area contributed by atoms with Gasteiger partial charge in [-0.15, -0.1) is 0 Å². The minimum absolute atomic E-state index is 0.0116. The van der Waals surface area contributed by atoms with Gasteiger partial charge >= 0.3 is 6.03 Å². The molecule has 29 heavy (non-hydrogen) atoms. The summed E-state index contributed by atoms with van der Waals surface area (Å²) >= 11 is 5.98. The Hall–Kier alpha value is -2.60. The molecule has 1 aliphatic carbocycles. The molecule has 2 N–H and O–H groups in total. The second kappa shape index (κ2) is 8.82. The fourth-order valence-electron chi connectivity index (χ4n) is 3.45. The normalized spacial score (nSPS) is 15.2. The van der Waals surface area contributed by atoms with E-state index in [1.165, 1.54) is 5.56 Å². The lowest BCUT2D eigenvalue weighted by atomic mass is 9.96. The molecule has 2 aromatic rings. The Morgan fingerprint density at radius 2 is 1.66 bits per heavy atom. The maximum Gasteiger partial charge on any atom is 0.315 e. The smallest absolute Gasteiger partial charge is 0.315 e. The summed E-state index contributed by atoms with van der Waals surface area (Å²) in [7, 11) is 4.69. The van der Waals surface area contributed by atoms with Gasteiger partial charge in [0.05, 0.1) is 27.4 Å². The molecule has 2 amide bonds. The van der Waals surface area contributed by atoms with Crippen LogP contribution in [0.25, 0.3) is 0 Å². The number of halogens is 1. The van der Waals surface area contributed by atoms with Gasteiger partial charge in [-0.25, -0.2) is 4.79 Å². The first-order valence-corrected chi connectivity index (χ1v) is 9.90. The van der Waals surface area contributed by atoms with Crippen LogP contribution in [0.15, 0.2) is 36.4 Å². The van der Waals surface area contributed by atoms with E-state index in [1.807, 2.05) is 43.3 Å². The van der Waals surface area contributed by atoms with Gasteiger partial charge in [0.2, 0.25) is 5.75 Å². The number of urea groups is 1. The van der Waals surface area contributed by atoms with Crippen molar-refractivity contribution < 1.29 is 19.0 Å². The van der Waals surface area contributed by atoms with E-state index in [9.17, 15) is 4.79 Å². The highest BCUT2D eigenvalue weighted by Crippen LogP contribution is 2.47. The number of ether oxygens (including phenoxy) is 3. The summed E-state index contributed by atoms with van der Waals surface area (Å²) in [4.78, 5) is 12.5. The zero-order chi connectivity index (χ0) is 21.0. The van der Waals surface area contributed by atoms with Crippen molar-refractivity contribution in [2.45, 2.75) is 31.2 Å². The van der Waals surface area contributed by atoms with Crippen LogP contribution in [0, 0.1) is 0 Å². The summed E-state index contributed by atoms with van der Waals surface area (Å²) < 4.78 is 16.1. The van der Waals surface area contributed by atoms with Gasteiger partial charge in [0, 0.05) is 17.0 Å². The topological polar surface area (TPSA) is 68.8 Å². The van der Waals surface area contributed by atoms with Gasteiger partial charge in [-0.3, -0.25) is 0 Å². The van der Waals surface area contributed by atoms with Crippen LogP contribution in [0.1, 0.15) is 36.9 Å². The molecular formula is C22H27ClN2O4. The number of rotatable bonds is 8. The zero-order valence-electron chi connectivity index (χ0n) is 17.2. The standard InChI is InChI=1S/C22H27ClN2O4/c1-14(15-11-18(27-2)20(29-4)19(12-15)28-3)25-21(26)24-13-22(9-10-22)16-5-7-17(23)8-6-16/h5-8,11-12,14H,9-10,13H2,1-4H3,(H2,24,25,26). The molecule has 0 bridgehead atoms. The third-order valence-corrected chi connectivity index (χ3v) is 5.68. The molecule has 1 saturated carbocycles. The van der Waals surface area contributed by atoms with E-state index in [2.05, 4.69) is 10.6 Å². The largest absolute Gasteiger partial charge is 0.493 e. The van der Waals surface area contributed by atoms with Crippen LogP contribution in [0.3, 0.4) is 0 Å². The molecule has 0 radical (unpaired) electrons. The first-order chi connectivity index (χ1) is 13.9. The number of hydrogen-bond acceptors (Lipinski definition) is 4. The highest BCUT2D eigenvalue weighted by molar-refractivity contribution is 6.30. The number of nitrogens with one attached hydrogen (secondary N) is 2. The zero-order valence-corrected chi connectivity index (χ0v) is 17.9. The quantitative estimate of drug-likeness (QED) is 0.664. The second-order valence-electron chi connectivity index (χ2n) is 7.29. The van der Waals surface area contributed by atoms with Crippen LogP contribution >= 0.6 is 11.6 Å². The number of amides is 2. The van der Waals surface area contributed by atoms with Crippen LogP contribution in [-0.4, -0.2) is 33.9 Å². The molecule has 3 rings (SSSR count). The lowest BCUT2D eigenvalue weighted by Gasteiger charge is -2.21. The highest BCUT2D eigenvalue weighted by Gasteiger charge is 2.44. The average Bonchev–Trinajstić information content (AvgIpc) is 3.52. The third kappa shape index (κ3) is 4.70. The molecule has 0 saturated heterocycles. The third-order valence-electron chi connectivity index (χ3n) is 5.43. The van der Waals surface area contributed by atoms with Gasteiger partial charge in [-0.1, -0.05) is 23.7 Å². The summed E-state index contributed by atoms with van der Waals surface area (Å²) in [6.45, 7) is 2.49. The van der Waals surface area contributed by atoms with E-state index in [4.69, 9.17) is 25.8 Å². The van der Waals surface area contributed by atoms with Crippen molar-refractivity contribution in [1.29, 1.82) is 0 Å². The van der Waals surface area contributed by atoms with Crippen LogP contribution in [0.5, 0.6) is 17.2 Å². The van der Waals surface area contributed by atoms with E-state index in [0.717, 1.165) is 23.4 Å². The number of carbonyl (C=O) groups excluding carboxylic acids is 1. The van der Waals surface area contributed by atoms with Crippen molar-refractivity contribution >= 4 is 17.6 Å². The molecular weight excluding hydrogens is 392 g/mol. The molecule has 1 atom stereocenters. The SMILES string of the molecule is COc1cc(C(C)NC(=O)NCC2(c3ccc(Cl)cc3)CC2)cc(OC)c1OC. The summed E-state index contributed by atoms with van der Waals surface area (Å²) in [5.74, 6) is 1.63. The lowest BCUT2D eigenvalue weighted by molar-refractivity contribution is 0.236. The van der Waals surface area contributed by atoms with Gasteiger partial charge in [-0.05, 0) is 55.2 Å². The molecule has 7 heteroatoms. The number of methoxy groups -OCH3 is 3. The van der Waals surface area contributed by atoms with Crippen molar-refractivity contribution in [3.8, 4) is 17.2 Å². The van der Waals surface area contributed by atoms with Crippen molar-refractivity contribution in [3.63, 3.8) is 0 Å². The van der Waals surface area contributed by atoms with Gasteiger partial charge in [0.15, 0.2) is 11.5 Å². The number of hydrogen-bond donors (Lipinski definition) is 2. The van der Waals surface area contributed by atoms with Gasteiger partial charge in [0.25, 0.3) is 0 Å². The Morgan fingerprint density at radius 1 is 1.07 bits per heavy atom. The van der Waals surface area contributed by atoms with Crippen LogP contribution in [0.4, 0.5) is 4.79 Å². The Morgan fingerprint density at radius 3 is 2.14 bits per heavy atom. The Labute approximate surface area is 176 Å². The molecule has 0 aromatic heterocycles. The van der Waals surface area contributed by atoms with Gasteiger partial charge in [0.1, 0.15) is 0 Å².